The molecule has 0 aliphatic heterocycles. The second-order valence-corrected chi connectivity index (χ2v) is 2.40. The Bertz CT molecular complexity index is 206. The Balaban J connectivity index is 0. The van der Waals surface area contributed by atoms with Crippen LogP contribution in [-0.2, 0) is 0 Å². The van der Waals surface area contributed by atoms with Gasteiger partial charge in [-0.1, -0.05) is 25.2 Å². The van der Waals surface area contributed by atoms with Gasteiger partial charge in [-0.05, 0) is 19.8 Å². The second kappa shape index (κ2) is 8.43. The minimum absolute atomic E-state index is 0.0200. The summed E-state index contributed by atoms with van der Waals surface area (Å²) in [6.07, 6.45) is 8.97. The number of halogens is 3. The van der Waals surface area contributed by atoms with E-state index in [1.165, 1.54) is 6.92 Å². The van der Waals surface area contributed by atoms with Gasteiger partial charge in [0.2, 0.25) is 0 Å². The molecule has 3 heteroatoms. The lowest BCUT2D eigenvalue weighted by Crippen LogP contribution is -2.10. The van der Waals surface area contributed by atoms with Gasteiger partial charge in [-0.2, -0.15) is 13.2 Å². The molecule has 0 aliphatic rings. The fraction of sp³-hybridized carbons (Fsp3) is 0.455. The maximum atomic E-state index is 12.0. The molecule has 0 rings (SSSR count). The highest BCUT2D eigenvalue weighted by molar-refractivity contribution is 5.12. The summed E-state index contributed by atoms with van der Waals surface area (Å²) < 4.78 is 36.1. The third kappa shape index (κ3) is 7.48. The summed E-state index contributed by atoms with van der Waals surface area (Å²) in [6.45, 7) is 3.29. The van der Waals surface area contributed by atoms with Gasteiger partial charge in [-0.25, -0.2) is 0 Å². The molecule has 0 aromatic carbocycles. The van der Waals surface area contributed by atoms with E-state index in [1.807, 2.05) is 6.92 Å². The Morgan fingerprint density at radius 3 is 2.00 bits per heavy atom. The minimum Gasteiger partial charge on any atom is -0.166 e. The van der Waals surface area contributed by atoms with Crippen LogP contribution in [0.2, 0.25) is 0 Å². The summed E-state index contributed by atoms with van der Waals surface area (Å²) in [4.78, 5) is 0. The van der Waals surface area contributed by atoms with Gasteiger partial charge in [0.05, 0.1) is 0 Å². The maximum Gasteiger partial charge on any atom is 0.412 e. The smallest absolute Gasteiger partial charge is 0.166 e. The lowest BCUT2D eigenvalue weighted by atomic mass is 10.1. The van der Waals surface area contributed by atoms with Crippen molar-refractivity contribution in [3.63, 3.8) is 0 Å². The zero-order chi connectivity index (χ0) is 11.6. The van der Waals surface area contributed by atoms with Gasteiger partial charge in [0, 0.05) is 5.57 Å². The topological polar surface area (TPSA) is 0 Å². The first kappa shape index (κ1) is 15.3. The van der Waals surface area contributed by atoms with Gasteiger partial charge in [-0.15, -0.1) is 12.8 Å². The van der Waals surface area contributed by atoms with Crippen molar-refractivity contribution in [3.8, 4) is 12.8 Å². The van der Waals surface area contributed by atoms with E-state index in [9.17, 15) is 13.2 Å². The van der Waals surface area contributed by atoms with Crippen LogP contribution in [0.15, 0.2) is 23.8 Å². The quantitative estimate of drug-likeness (QED) is 0.479. The molecule has 0 atom stereocenters. The van der Waals surface area contributed by atoms with Gasteiger partial charge < -0.3 is 0 Å². The van der Waals surface area contributed by atoms with Crippen molar-refractivity contribution in [1.29, 1.82) is 0 Å². The molecule has 0 radical (unpaired) electrons. The van der Waals surface area contributed by atoms with Gasteiger partial charge in [0.15, 0.2) is 0 Å². The zero-order valence-corrected chi connectivity index (χ0v) is 8.43. The van der Waals surface area contributed by atoms with Crippen LogP contribution in [-0.4, -0.2) is 6.18 Å². The van der Waals surface area contributed by atoms with Gasteiger partial charge in [-0.3, -0.25) is 0 Å². The number of hydrogen-bond donors (Lipinski definition) is 0. The third-order valence-electron chi connectivity index (χ3n) is 1.45. The number of alkyl halides is 3. The summed E-state index contributed by atoms with van der Waals surface area (Å²) in [7, 11) is 0. The Morgan fingerprint density at radius 2 is 1.71 bits per heavy atom. The van der Waals surface area contributed by atoms with Crippen molar-refractivity contribution in [1.82, 2.24) is 0 Å². The molecule has 0 unspecified atom stereocenters. The molecular weight excluding hydrogens is 189 g/mol. The summed E-state index contributed by atoms with van der Waals surface area (Å²) in [5.41, 5.74) is -0.479. The highest BCUT2D eigenvalue weighted by Gasteiger charge is 2.31. The van der Waals surface area contributed by atoms with Crippen LogP contribution in [0.25, 0.3) is 0 Å². The van der Waals surface area contributed by atoms with Crippen molar-refractivity contribution in [3.05, 3.63) is 23.8 Å². The minimum atomic E-state index is -4.17. The van der Waals surface area contributed by atoms with Crippen LogP contribution >= 0.6 is 0 Å². The van der Waals surface area contributed by atoms with E-state index in [2.05, 4.69) is 12.8 Å². The standard InChI is InChI=1S/C9H13F3.C2H2/c1-3-5-6-7-8(4-2)9(10,11)12;1-2/h4-6H,3,7H2,1-2H3;1-2H/b6-5-,8-4+;. The van der Waals surface area contributed by atoms with E-state index in [-0.39, 0.29) is 6.42 Å². The van der Waals surface area contributed by atoms with Crippen LogP contribution in [0, 0.1) is 12.8 Å². The molecule has 0 nitrogen and oxygen atoms in total. The lowest BCUT2D eigenvalue weighted by Gasteiger charge is -2.08. The molecule has 0 saturated heterocycles. The first-order valence-corrected chi connectivity index (χ1v) is 4.23. The number of rotatable bonds is 3. The highest BCUT2D eigenvalue weighted by atomic mass is 19.4. The number of terminal acetylenes is 1. The fourth-order valence-corrected chi connectivity index (χ4v) is 0.774. The van der Waals surface area contributed by atoms with Crippen molar-refractivity contribution < 1.29 is 13.2 Å². The van der Waals surface area contributed by atoms with Gasteiger partial charge in [0.25, 0.3) is 0 Å². The third-order valence-corrected chi connectivity index (χ3v) is 1.45. The first-order valence-electron chi connectivity index (χ1n) is 4.23. The molecule has 0 fully saturated rings. The molecule has 0 aromatic rings. The van der Waals surface area contributed by atoms with Gasteiger partial charge >= 0.3 is 6.18 Å². The monoisotopic (exact) mass is 204 g/mol. The second-order valence-electron chi connectivity index (χ2n) is 2.40. The molecule has 0 saturated carbocycles. The predicted molar refractivity (Wildman–Crippen MR) is 53.8 cm³/mol. The largest absolute Gasteiger partial charge is 0.412 e. The number of allylic oxidation sites excluding steroid dienone is 4. The van der Waals surface area contributed by atoms with Crippen molar-refractivity contribution in [2.45, 2.75) is 32.9 Å². The molecule has 0 bridgehead atoms. The Kier molecular flexibility index (Phi) is 9.22. The molecule has 14 heavy (non-hydrogen) atoms. The Hall–Kier alpha value is -1.17. The summed E-state index contributed by atoms with van der Waals surface area (Å²) in [6, 6.07) is 0. The summed E-state index contributed by atoms with van der Waals surface area (Å²) in [5.74, 6) is 0. The lowest BCUT2D eigenvalue weighted by molar-refractivity contribution is -0.0930. The van der Waals surface area contributed by atoms with Crippen LogP contribution < -0.4 is 0 Å². The van der Waals surface area contributed by atoms with E-state index in [0.29, 0.717) is 0 Å². The van der Waals surface area contributed by atoms with E-state index in [1.54, 1.807) is 12.2 Å². The van der Waals surface area contributed by atoms with Crippen LogP contribution in [0.1, 0.15) is 26.7 Å². The van der Waals surface area contributed by atoms with Crippen LogP contribution in [0.4, 0.5) is 13.2 Å². The summed E-state index contributed by atoms with van der Waals surface area (Å²) >= 11 is 0. The van der Waals surface area contributed by atoms with E-state index in [0.717, 1.165) is 12.5 Å². The average Bonchev–Trinajstić information content (AvgIpc) is 2.14. The SMILES string of the molecule is C#C.C/C=C(\C/C=C\CC)C(F)(F)F. The maximum absolute atomic E-state index is 12.0. The molecule has 0 N–H and O–H groups in total. The van der Waals surface area contributed by atoms with Crippen LogP contribution in [0.3, 0.4) is 0 Å². The molecular formula is C11H15F3. The normalized spacial score (nSPS) is 12.4. The van der Waals surface area contributed by atoms with E-state index in [4.69, 9.17) is 0 Å². The fourth-order valence-electron chi connectivity index (χ4n) is 0.774. The Morgan fingerprint density at radius 1 is 1.21 bits per heavy atom. The number of hydrogen-bond acceptors (Lipinski definition) is 0. The highest BCUT2D eigenvalue weighted by Crippen LogP contribution is 2.28. The molecule has 0 heterocycles. The van der Waals surface area contributed by atoms with Crippen LogP contribution in [0.5, 0.6) is 0 Å². The van der Waals surface area contributed by atoms with E-state index < -0.39 is 11.7 Å². The zero-order valence-electron chi connectivity index (χ0n) is 8.43. The predicted octanol–water partition coefficient (Wildman–Crippen LogP) is 4.10. The van der Waals surface area contributed by atoms with Crippen molar-refractivity contribution >= 4 is 0 Å². The van der Waals surface area contributed by atoms with Crippen molar-refractivity contribution in [2.24, 2.45) is 0 Å². The Labute approximate surface area is 83.5 Å². The van der Waals surface area contributed by atoms with Gasteiger partial charge in [0.1, 0.15) is 0 Å². The van der Waals surface area contributed by atoms with Crippen molar-refractivity contribution in [2.75, 3.05) is 0 Å². The summed E-state index contributed by atoms with van der Waals surface area (Å²) in [5, 5.41) is 0. The molecule has 80 valence electrons. The molecule has 0 amide bonds. The average molecular weight is 204 g/mol. The molecule has 0 spiro atoms. The first-order chi connectivity index (χ1) is 6.52. The molecule has 0 aliphatic carbocycles. The molecule has 0 aromatic heterocycles. The van der Waals surface area contributed by atoms with E-state index >= 15 is 0 Å².